The molecule has 0 spiro atoms. The van der Waals surface area contributed by atoms with Gasteiger partial charge in [0, 0.05) is 18.2 Å². The Hall–Kier alpha value is -2.26. The van der Waals surface area contributed by atoms with E-state index in [1.54, 1.807) is 13.1 Å². The van der Waals surface area contributed by atoms with E-state index in [0.29, 0.717) is 12.0 Å². The molecule has 1 aliphatic heterocycles. The van der Waals surface area contributed by atoms with Gasteiger partial charge in [0.1, 0.15) is 12.2 Å². The smallest absolute Gasteiger partial charge is 0.330 e. The molecule has 1 radical (unpaired) electrons. The van der Waals surface area contributed by atoms with Crippen molar-refractivity contribution in [1.29, 1.82) is 0 Å². The van der Waals surface area contributed by atoms with E-state index in [9.17, 15) is 14.7 Å². The lowest BCUT2D eigenvalue weighted by molar-refractivity contribution is -0.0350. The second-order valence-corrected chi connectivity index (χ2v) is 4.94. The van der Waals surface area contributed by atoms with E-state index in [-0.39, 0.29) is 12.6 Å². The van der Waals surface area contributed by atoms with E-state index in [1.165, 1.54) is 15.4 Å². The molecule has 0 bridgehead atoms. The Balaban J connectivity index is 2.04. The largest absolute Gasteiger partial charge is 0.394 e. The van der Waals surface area contributed by atoms with Crippen LogP contribution in [0.3, 0.4) is 0 Å². The predicted molar refractivity (Wildman–Crippen MR) is 69.6 cm³/mol. The van der Waals surface area contributed by atoms with Crippen molar-refractivity contribution in [3.05, 3.63) is 45.0 Å². The van der Waals surface area contributed by atoms with E-state index in [1.807, 2.05) is 0 Å². The fraction of sp³-hybridized carbons (Fsp3) is 0.500. The second-order valence-electron chi connectivity index (χ2n) is 4.94. The van der Waals surface area contributed by atoms with Crippen LogP contribution in [0.25, 0.3) is 0 Å². The van der Waals surface area contributed by atoms with Crippen molar-refractivity contribution >= 4 is 0 Å². The van der Waals surface area contributed by atoms with Crippen LogP contribution in [0.2, 0.25) is 0 Å². The first-order valence-electron chi connectivity index (χ1n) is 6.46. The second kappa shape index (κ2) is 5.26. The molecule has 1 aliphatic rings. The fourth-order valence-corrected chi connectivity index (χ4v) is 2.46. The van der Waals surface area contributed by atoms with Crippen molar-refractivity contribution < 1.29 is 9.84 Å². The van der Waals surface area contributed by atoms with Gasteiger partial charge in [-0.25, -0.2) is 9.48 Å². The Morgan fingerprint density at radius 2 is 2.38 bits per heavy atom. The summed E-state index contributed by atoms with van der Waals surface area (Å²) in [5.74, 6) is 0. The Morgan fingerprint density at radius 3 is 3.05 bits per heavy atom. The topological polar surface area (TPSA) is 115 Å². The van der Waals surface area contributed by atoms with Gasteiger partial charge in [0.15, 0.2) is 6.23 Å². The molecular formula is C12H14N5O4. The van der Waals surface area contributed by atoms with Crippen LogP contribution in [0.15, 0.2) is 22.0 Å². The van der Waals surface area contributed by atoms with Crippen molar-refractivity contribution in [3.63, 3.8) is 0 Å². The van der Waals surface area contributed by atoms with Gasteiger partial charge in [0.05, 0.1) is 18.9 Å². The number of nitrogens with one attached hydrogen (secondary N) is 1. The molecule has 2 aromatic rings. The monoisotopic (exact) mass is 292 g/mol. The van der Waals surface area contributed by atoms with Crippen LogP contribution in [-0.4, -0.2) is 42.4 Å². The Morgan fingerprint density at radius 1 is 1.57 bits per heavy atom. The fourth-order valence-electron chi connectivity index (χ4n) is 2.46. The first-order chi connectivity index (χ1) is 10.1. The number of H-pyrrole nitrogens is 1. The predicted octanol–water partition coefficient (Wildman–Crippen LogP) is -1.24. The summed E-state index contributed by atoms with van der Waals surface area (Å²) in [6, 6.07) is -0.316. The highest BCUT2D eigenvalue weighted by Gasteiger charge is 2.38. The zero-order valence-electron chi connectivity index (χ0n) is 11.3. The van der Waals surface area contributed by atoms with Gasteiger partial charge in [0.25, 0.3) is 5.56 Å². The average Bonchev–Trinajstić information content (AvgIpc) is 3.11. The highest BCUT2D eigenvalue weighted by Crippen LogP contribution is 2.36. The minimum Gasteiger partial charge on any atom is -0.394 e. The number of hydrogen-bond acceptors (Lipinski definition) is 6. The number of hydrogen-bond donors (Lipinski definition) is 2. The number of aliphatic hydroxyl groups is 1. The normalized spacial score (nSPS) is 25.3. The summed E-state index contributed by atoms with van der Waals surface area (Å²) >= 11 is 0. The van der Waals surface area contributed by atoms with E-state index >= 15 is 0 Å². The van der Waals surface area contributed by atoms with Gasteiger partial charge in [-0.1, -0.05) is 5.21 Å². The molecule has 0 aromatic carbocycles. The molecule has 0 amide bonds. The minimum absolute atomic E-state index is 0.164. The number of aromatic nitrogens is 5. The van der Waals surface area contributed by atoms with Crippen LogP contribution in [-0.2, 0) is 4.74 Å². The van der Waals surface area contributed by atoms with E-state index in [4.69, 9.17) is 4.74 Å². The van der Waals surface area contributed by atoms with Crippen LogP contribution < -0.4 is 11.2 Å². The zero-order valence-corrected chi connectivity index (χ0v) is 11.3. The number of nitrogens with zero attached hydrogens (tertiary/aromatic N) is 4. The van der Waals surface area contributed by atoms with Crippen LogP contribution in [0.5, 0.6) is 0 Å². The summed E-state index contributed by atoms with van der Waals surface area (Å²) in [4.78, 5) is 25.7. The molecule has 2 N–H and O–H groups in total. The quantitative estimate of drug-likeness (QED) is 0.731. The van der Waals surface area contributed by atoms with Gasteiger partial charge in [0.2, 0.25) is 0 Å². The SMILES string of the molecule is Cc1cn(C2OC(CO)CC2n2c[c]nn2)c(=O)[nH]c1=O. The summed E-state index contributed by atoms with van der Waals surface area (Å²) in [5, 5.41) is 16.8. The van der Waals surface area contributed by atoms with Crippen LogP contribution in [0.1, 0.15) is 24.3 Å². The summed E-state index contributed by atoms with van der Waals surface area (Å²) in [7, 11) is 0. The molecule has 3 atom stereocenters. The molecule has 111 valence electrons. The van der Waals surface area contributed by atoms with Crippen molar-refractivity contribution in [3.8, 4) is 0 Å². The Labute approximate surface area is 118 Å². The lowest BCUT2D eigenvalue weighted by Gasteiger charge is -2.20. The molecule has 3 unspecified atom stereocenters. The molecule has 1 fully saturated rings. The number of aliphatic hydroxyl groups excluding tert-OH is 1. The molecule has 1 saturated heterocycles. The molecule has 3 heterocycles. The third kappa shape index (κ3) is 2.41. The van der Waals surface area contributed by atoms with Crippen LogP contribution in [0.4, 0.5) is 0 Å². The molecule has 2 aromatic heterocycles. The lowest BCUT2D eigenvalue weighted by atomic mass is 10.1. The summed E-state index contributed by atoms with van der Waals surface area (Å²) in [6.45, 7) is 1.44. The first-order valence-corrected chi connectivity index (χ1v) is 6.46. The summed E-state index contributed by atoms with van der Waals surface area (Å²) in [6.07, 6.45) is 4.96. The third-order valence-corrected chi connectivity index (χ3v) is 3.52. The zero-order chi connectivity index (χ0) is 15.0. The molecule has 0 aliphatic carbocycles. The van der Waals surface area contributed by atoms with Crippen molar-refractivity contribution in [2.24, 2.45) is 0 Å². The average molecular weight is 292 g/mol. The lowest BCUT2D eigenvalue weighted by Crippen LogP contribution is -2.35. The number of ether oxygens (including phenoxy) is 1. The number of aryl methyl sites for hydroxylation is 1. The summed E-state index contributed by atoms with van der Waals surface area (Å²) < 4.78 is 8.54. The van der Waals surface area contributed by atoms with E-state index in [2.05, 4.69) is 21.5 Å². The molecule has 21 heavy (non-hydrogen) atoms. The highest BCUT2D eigenvalue weighted by molar-refractivity contribution is 5.02. The Bertz CT molecular complexity index is 735. The molecular weight excluding hydrogens is 278 g/mol. The van der Waals surface area contributed by atoms with E-state index < -0.39 is 23.6 Å². The maximum absolute atomic E-state index is 12.0. The van der Waals surface area contributed by atoms with Gasteiger partial charge < -0.3 is 9.84 Å². The van der Waals surface area contributed by atoms with Gasteiger partial charge in [-0.2, -0.15) is 0 Å². The van der Waals surface area contributed by atoms with Gasteiger partial charge in [-0.05, 0) is 6.92 Å². The Kier molecular flexibility index (Phi) is 3.43. The van der Waals surface area contributed by atoms with Crippen molar-refractivity contribution in [1.82, 2.24) is 24.5 Å². The molecule has 3 rings (SSSR count). The highest BCUT2D eigenvalue weighted by atomic mass is 16.5. The van der Waals surface area contributed by atoms with Gasteiger partial charge in [-0.3, -0.25) is 14.3 Å². The number of aromatic amines is 1. The van der Waals surface area contributed by atoms with Crippen LogP contribution >= 0.6 is 0 Å². The first kappa shape index (κ1) is 13.7. The molecule has 9 nitrogen and oxygen atoms in total. The maximum atomic E-state index is 12.0. The molecule has 0 saturated carbocycles. The maximum Gasteiger partial charge on any atom is 0.330 e. The standard InChI is InChI=1S/C12H14N5O4/c1-7-5-16(12(20)14-10(7)19)11-9(4-8(6-18)21-11)17-3-2-13-15-17/h3,5,8-9,11,18H,4,6H2,1H3,(H,14,19,20). The van der Waals surface area contributed by atoms with Crippen molar-refractivity contribution in [2.75, 3.05) is 6.61 Å². The minimum atomic E-state index is -0.680. The van der Waals surface area contributed by atoms with Gasteiger partial charge in [-0.15, -0.1) is 5.10 Å². The van der Waals surface area contributed by atoms with Gasteiger partial charge >= 0.3 is 5.69 Å². The van der Waals surface area contributed by atoms with E-state index in [0.717, 1.165) is 0 Å². The summed E-state index contributed by atoms with van der Waals surface area (Å²) in [5.41, 5.74) is -0.601. The van der Waals surface area contributed by atoms with Crippen molar-refractivity contribution in [2.45, 2.75) is 31.7 Å². The third-order valence-electron chi connectivity index (χ3n) is 3.52. The van der Waals surface area contributed by atoms with Crippen LogP contribution in [0, 0.1) is 13.1 Å². The molecule has 9 heteroatoms. The number of rotatable bonds is 3.